The lowest BCUT2D eigenvalue weighted by atomic mass is 10.3. The van der Waals surface area contributed by atoms with Crippen molar-refractivity contribution in [2.24, 2.45) is 0 Å². The normalized spacial score (nSPS) is 10.0. The summed E-state index contributed by atoms with van der Waals surface area (Å²) in [7, 11) is 1.30. The van der Waals surface area contributed by atoms with E-state index in [-0.39, 0.29) is 30.5 Å². The number of methoxy groups -OCH3 is 1. The number of imidazole rings is 1. The van der Waals surface area contributed by atoms with Crippen molar-refractivity contribution in [1.29, 1.82) is 0 Å². The number of aromatic nitrogens is 2. The highest BCUT2D eigenvalue weighted by Gasteiger charge is 2.16. The number of nitrogens with one attached hydrogen (secondary N) is 2. The van der Waals surface area contributed by atoms with E-state index in [0.29, 0.717) is 6.54 Å². The lowest BCUT2D eigenvalue weighted by Crippen LogP contribution is -2.33. The molecule has 7 nitrogen and oxygen atoms in total. The average Bonchev–Trinajstić information content (AvgIpc) is 2.76. The number of nitrogens with zero attached hydrogens (tertiary/aromatic N) is 1. The van der Waals surface area contributed by atoms with E-state index in [1.807, 2.05) is 0 Å². The average molecular weight is 241 g/mol. The molecule has 0 spiro atoms. The van der Waals surface area contributed by atoms with E-state index in [2.05, 4.69) is 14.7 Å². The first-order chi connectivity index (χ1) is 8.08. The third kappa shape index (κ3) is 3.47. The van der Waals surface area contributed by atoms with E-state index in [1.165, 1.54) is 18.2 Å². The number of hydrogen-bond acceptors (Lipinski definition) is 4. The highest BCUT2D eigenvalue weighted by atomic mass is 16.5. The topological polar surface area (TPSA) is 95.3 Å². The van der Waals surface area contributed by atoms with Gasteiger partial charge in [0.25, 0.3) is 5.91 Å². The van der Waals surface area contributed by atoms with Crippen LogP contribution in [0.1, 0.15) is 23.8 Å². The number of carbonyl (C=O) groups excluding carboxylic acids is 2. The fourth-order valence-corrected chi connectivity index (χ4v) is 1.35. The maximum Gasteiger partial charge on any atom is 0.323 e. The zero-order valence-corrected chi connectivity index (χ0v) is 9.78. The number of H-pyrrole nitrogens is 2. The van der Waals surface area contributed by atoms with E-state index < -0.39 is 5.69 Å². The predicted octanol–water partition coefficient (Wildman–Crippen LogP) is -0.272. The fraction of sp³-hybridized carbons (Fsp3) is 0.500. The van der Waals surface area contributed by atoms with Gasteiger partial charge in [-0.15, -0.1) is 0 Å². The number of aromatic amines is 2. The largest absolute Gasteiger partial charge is 0.469 e. The minimum absolute atomic E-state index is 0.130. The molecule has 0 fully saturated rings. The van der Waals surface area contributed by atoms with E-state index >= 15 is 0 Å². The van der Waals surface area contributed by atoms with Gasteiger partial charge in [0.2, 0.25) is 0 Å². The SMILES string of the molecule is CCN(CCC(=O)OC)C(=O)c1c[nH]c(=O)[nH]1. The molecule has 1 amide bonds. The summed E-state index contributed by atoms with van der Waals surface area (Å²) in [5, 5.41) is 0. The first-order valence-corrected chi connectivity index (χ1v) is 5.22. The van der Waals surface area contributed by atoms with E-state index in [0.717, 1.165) is 0 Å². The van der Waals surface area contributed by atoms with Crippen LogP contribution in [0, 0.1) is 0 Å². The molecule has 0 aromatic carbocycles. The van der Waals surface area contributed by atoms with E-state index in [4.69, 9.17) is 0 Å². The molecule has 0 radical (unpaired) electrons. The van der Waals surface area contributed by atoms with Crippen LogP contribution in [0.3, 0.4) is 0 Å². The summed E-state index contributed by atoms with van der Waals surface area (Å²) >= 11 is 0. The van der Waals surface area contributed by atoms with Crippen molar-refractivity contribution in [3.8, 4) is 0 Å². The Balaban J connectivity index is 2.64. The molecule has 0 aliphatic carbocycles. The van der Waals surface area contributed by atoms with Crippen molar-refractivity contribution in [1.82, 2.24) is 14.9 Å². The van der Waals surface area contributed by atoms with Gasteiger partial charge >= 0.3 is 11.7 Å². The molecule has 1 rings (SSSR count). The summed E-state index contributed by atoms with van der Waals surface area (Å²) in [5.74, 6) is -0.700. The fourth-order valence-electron chi connectivity index (χ4n) is 1.35. The van der Waals surface area contributed by atoms with Crippen molar-refractivity contribution >= 4 is 11.9 Å². The van der Waals surface area contributed by atoms with Gasteiger partial charge in [-0.1, -0.05) is 0 Å². The first kappa shape index (κ1) is 13.0. The predicted molar refractivity (Wildman–Crippen MR) is 59.6 cm³/mol. The summed E-state index contributed by atoms with van der Waals surface area (Å²) < 4.78 is 4.49. The van der Waals surface area contributed by atoms with Crippen LogP contribution in [0.15, 0.2) is 11.0 Å². The van der Waals surface area contributed by atoms with Crippen molar-refractivity contribution < 1.29 is 14.3 Å². The second-order valence-corrected chi connectivity index (χ2v) is 3.37. The monoisotopic (exact) mass is 241 g/mol. The van der Waals surface area contributed by atoms with Gasteiger partial charge in [0.15, 0.2) is 0 Å². The summed E-state index contributed by atoms with van der Waals surface area (Å²) in [6, 6.07) is 0. The van der Waals surface area contributed by atoms with Crippen molar-refractivity contribution in [2.45, 2.75) is 13.3 Å². The summed E-state index contributed by atoms with van der Waals surface area (Å²) in [6.07, 6.45) is 1.44. The minimum Gasteiger partial charge on any atom is -0.469 e. The van der Waals surface area contributed by atoms with Gasteiger partial charge in [-0.25, -0.2) is 4.79 Å². The molecule has 1 heterocycles. The molecule has 0 aliphatic heterocycles. The molecule has 1 aromatic rings. The van der Waals surface area contributed by atoms with Gasteiger partial charge in [-0.3, -0.25) is 9.59 Å². The molecule has 2 N–H and O–H groups in total. The quantitative estimate of drug-likeness (QED) is 0.693. The summed E-state index contributed by atoms with van der Waals surface area (Å²) in [6.45, 7) is 2.50. The molecule has 1 aromatic heterocycles. The van der Waals surface area contributed by atoms with Gasteiger partial charge in [0.1, 0.15) is 5.69 Å². The van der Waals surface area contributed by atoms with Gasteiger partial charge in [-0.2, -0.15) is 0 Å². The second kappa shape index (κ2) is 5.88. The lowest BCUT2D eigenvalue weighted by molar-refractivity contribution is -0.140. The number of rotatable bonds is 5. The van der Waals surface area contributed by atoms with E-state index in [9.17, 15) is 14.4 Å². The highest BCUT2D eigenvalue weighted by molar-refractivity contribution is 5.92. The van der Waals surface area contributed by atoms with Gasteiger partial charge in [-0.05, 0) is 6.92 Å². The zero-order chi connectivity index (χ0) is 12.8. The van der Waals surface area contributed by atoms with Gasteiger partial charge in [0.05, 0.1) is 13.5 Å². The number of ether oxygens (including phenoxy) is 1. The number of carbonyl (C=O) groups is 2. The Labute approximate surface area is 97.8 Å². The molecule has 0 unspecified atom stereocenters. The van der Waals surface area contributed by atoms with Crippen LogP contribution in [-0.2, 0) is 9.53 Å². The Morgan fingerprint density at radius 2 is 2.18 bits per heavy atom. The molecule has 0 bridgehead atoms. The van der Waals surface area contributed by atoms with Gasteiger partial charge in [0, 0.05) is 19.3 Å². The second-order valence-electron chi connectivity index (χ2n) is 3.37. The Morgan fingerprint density at radius 1 is 1.47 bits per heavy atom. The van der Waals surface area contributed by atoms with Crippen LogP contribution < -0.4 is 5.69 Å². The smallest absolute Gasteiger partial charge is 0.323 e. The van der Waals surface area contributed by atoms with Crippen LogP contribution in [0.4, 0.5) is 0 Å². The van der Waals surface area contributed by atoms with Crippen molar-refractivity contribution in [3.63, 3.8) is 0 Å². The third-order valence-electron chi connectivity index (χ3n) is 2.31. The van der Waals surface area contributed by atoms with Crippen LogP contribution in [0.2, 0.25) is 0 Å². The third-order valence-corrected chi connectivity index (χ3v) is 2.31. The number of hydrogen-bond donors (Lipinski definition) is 2. The van der Waals surface area contributed by atoms with Crippen LogP contribution in [0.5, 0.6) is 0 Å². The minimum atomic E-state index is -0.433. The maximum absolute atomic E-state index is 11.9. The van der Waals surface area contributed by atoms with Crippen LogP contribution in [-0.4, -0.2) is 46.9 Å². The summed E-state index contributed by atoms with van der Waals surface area (Å²) in [5.41, 5.74) is -0.251. The number of amides is 1. The van der Waals surface area contributed by atoms with Crippen LogP contribution in [0.25, 0.3) is 0 Å². The maximum atomic E-state index is 11.9. The van der Waals surface area contributed by atoms with Gasteiger partial charge < -0.3 is 19.6 Å². The Hall–Kier alpha value is -2.05. The molecule has 0 saturated heterocycles. The molecule has 0 atom stereocenters. The Morgan fingerprint density at radius 3 is 2.65 bits per heavy atom. The van der Waals surface area contributed by atoms with Crippen molar-refractivity contribution in [3.05, 3.63) is 22.4 Å². The summed E-state index contributed by atoms with van der Waals surface area (Å²) in [4.78, 5) is 39.9. The molecular weight excluding hydrogens is 226 g/mol. The first-order valence-electron chi connectivity index (χ1n) is 5.22. The van der Waals surface area contributed by atoms with Crippen molar-refractivity contribution in [2.75, 3.05) is 20.2 Å². The molecule has 0 aliphatic rings. The number of esters is 1. The highest BCUT2D eigenvalue weighted by Crippen LogP contribution is 2.00. The Kier molecular flexibility index (Phi) is 4.50. The lowest BCUT2D eigenvalue weighted by Gasteiger charge is -2.19. The molecule has 17 heavy (non-hydrogen) atoms. The van der Waals surface area contributed by atoms with E-state index in [1.54, 1.807) is 6.92 Å². The Bertz CT molecular complexity index is 448. The van der Waals surface area contributed by atoms with Crippen LogP contribution >= 0.6 is 0 Å². The molecule has 94 valence electrons. The standard InChI is InChI=1S/C10H15N3O4/c1-3-13(5-4-8(14)17-2)9(15)7-6-11-10(16)12-7/h6H,3-5H2,1-2H3,(H2,11,12,16). The molecule has 0 saturated carbocycles. The zero-order valence-electron chi connectivity index (χ0n) is 9.78. The molecular formula is C10H15N3O4. The molecule has 7 heteroatoms.